The topological polar surface area (TPSA) is 98.9 Å². The molecule has 1 saturated heterocycles. The van der Waals surface area contributed by atoms with Gasteiger partial charge in [0.2, 0.25) is 10.0 Å². The van der Waals surface area contributed by atoms with Gasteiger partial charge in [0.25, 0.3) is 0 Å². The summed E-state index contributed by atoms with van der Waals surface area (Å²) in [7, 11) is -2.72. The summed E-state index contributed by atoms with van der Waals surface area (Å²) in [6.07, 6.45) is 0. The lowest BCUT2D eigenvalue weighted by atomic mass is 10.3. The van der Waals surface area contributed by atoms with Crippen LogP contribution in [0.5, 0.6) is 0 Å². The van der Waals surface area contributed by atoms with Crippen LogP contribution < -0.4 is 5.73 Å². The highest BCUT2D eigenvalue weighted by molar-refractivity contribution is 9.10. The minimum Gasteiger partial charge on any atom is -0.468 e. The number of sulfonamides is 1. The third-order valence-electron chi connectivity index (χ3n) is 3.11. The van der Waals surface area contributed by atoms with E-state index in [1.54, 1.807) is 6.07 Å². The number of hydrogen-bond acceptors (Lipinski definition) is 6. The molecule has 1 unspecified atom stereocenters. The van der Waals surface area contributed by atoms with Crippen LogP contribution in [-0.4, -0.2) is 51.6 Å². The largest absolute Gasteiger partial charge is 0.468 e. The highest BCUT2D eigenvalue weighted by atomic mass is 79.9. The number of carbonyl (C=O) groups excluding carboxylic acids is 1. The molecule has 1 aromatic carbocycles. The second-order valence-electron chi connectivity index (χ2n) is 4.41. The summed E-state index contributed by atoms with van der Waals surface area (Å²) in [5, 5.41) is 0. The van der Waals surface area contributed by atoms with Gasteiger partial charge in [-0.2, -0.15) is 4.31 Å². The van der Waals surface area contributed by atoms with Crippen molar-refractivity contribution in [2.24, 2.45) is 0 Å². The van der Waals surface area contributed by atoms with Crippen molar-refractivity contribution in [2.75, 3.05) is 32.6 Å². The van der Waals surface area contributed by atoms with E-state index < -0.39 is 22.0 Å². The van der Waals surface area contributed by atoms with Crippen LogP contribution in [-0.2, 0) is 24.3 Å². The van der Waals surface area contributed by atoms with Crippen LogP contribution in [0.25, 0.3) is 0 Å². The number of hydrogen-bond donors (Lipinski definition) is 1. The van der Waals surface area contributed by atoms with Gasteiger partial charge in [-0.3, -0.25) is 4.79 Å². The summed E-state index contributed by atoms with van der Waals surface area (Å²) in [6, 6.07) is 3.54. The number of rotatable bonds is 3. The van der Waals surface area contributed by atoms with Crippen molar-refractivity contribution in [3.63, 3.8) is 0 Å². The Kier molecular flexibility index (Phi) is 4.87. The quantitative estimate of drug-likeness (QED) is 0.610. The smallest absolute Gasteiger partial charge is 0.326 e. The Morgan fingerprint density at radius 2 is 2.24 bits per heavy atom. The standard InChI is InChI=1S/C12H15BrN2O5S/c1-19-12(16)10-7-20-5-4-15(10)21(17,18)11-6-8(13)2-3-9(11)14/h2-3,6,10H,4-5,7,14H2,1H3. The van der Waals surface area contributed by atoms with Crippen LogP contribution in [0.15, 0.2) is 27.6 Å². The highest BCUT2D eigenvalue weighted by Crippen LogP contribution is 2.28. The number of halogens is 1. The lowest BCUT2D eigenvalue weighted by Gasteiger charge is -2.32. The van der Waals surface area contributed by atoms with Gasteiger partial charge in [-0.15, -0.1) is 0 Å². The van der Waals surface area contributed by atoms with Crippen molar-refractivity contribution < 1.29 is 22.7 Å². The minimum absolute atomic E-state index is 0.0419. The Labute approximate surface area is 131 Å². The van der Waals surface area contributed by atoms with Crippen LogP contribution in [0.3, 0.4) is 0 Å². The fourth-order valence-electron chi connectivity index (χ4n) is 2.06. The Bertz CT molecular complexity index is 649. The van der Waals surface area contributed by atoms with Crippen molar-refractivity contribution in [3.8, 4) is 0 Å². The van der Waals surface area contributed by atoms with Gasteiger partial charge in [-0.1, -0.05) is 15.9 Å². The first-order valence-electron chi connectivity index (χ1n) is 6.10. The van der Waals surface area contributed by atoms with Gasteiger partial charge in [0.05, 0.1) is 26.0 Å². The number of methoxy groups -OCH3 is 1. The van der Waals surface area contributed by atoms with E-state index in [4.69, 9.17) is 10.5 Å². The summed E-state index contributed by atoms with van der Waals surface area (Å²) in [5.41, 5.74) is 5.88. The van der Waals surface area contributed by atoms with Crippen molar-refractivity contribution in [3.05, 3.63) is 22.7 Å². The Morgan fingerprint density at radius 1 is 1.52 bits per heavy atom. The van der Waals surface area contributed by atoms with Crippen LogP contribution >= 0.6 is 15.9 Å². The molecule has 1 atom stereocenters. The zero-order chi connectivity index (χ0) is 15.6. The normalized spacial score (nSPS) is 20.2. The molecule has 0 saturated carbocycles. The van der Waals surface area contributed by atoms with E-state index in [1.807, 2.05) is 0 Å². The predicted molar refractivity (Wildman–Crippen MR) is 79.1 cm³/mol. The molecule has 2 rings (SSSR count). The Hall–Kier alpha value is -1.16. The van der Waals surface area contributed by atoms with Crippen molar-refractivity contribution in [2.45, 2.75) is 10.9 Å². The number of nitrogens with two attached hydrogens (primary N) is 1. The van der Waals surface area contributed by atoms with E-state index in [0.717, 1.165) is 4.31 Å². The van der Waals surface area contributed by atoms with Gasteiger partial charge < -0.3 is 15.2 Å². The molecule has 0 spiro atoms. The molecule has 1 heterocycles. The second-order valence-corrected chi connectivity index (χ2v) is 7.19. The SMILES string of the molecule is COC(=O)C1COCCN1S(=O)(=O)c1cc(Br)ccc1N. The van der Waals surface area contributed by atoms with Crippen molar-refractivity contribution in [1.82, 2.24) is 4.31 Å². The molecule has 116 valence electrons. The van der Waals surface area contributed by atoms with Crippen molar-refractivity contribution in [1.29, 1.82) is 0 Å². The molecular formula is C12H15BrN2O5S. The summed E-state index contributed by atoms with van der Waals surface area (Å²) in [6.45, 7) is 0.231. The van der Waals surface area contributed by atoms with E-state index in [-0.39, 0.29) is 30.3 Å². The average Bonchev–Trinajstić information content (AvgIpc) is 2.48. The zero-order valence-electron chi connectivity index (χ0n) is 11.3. The fraction of sp³-hybridized carbons (Fsp3) is 0.417. The molecule has 0 bridgehead atoms. The van der Waals surface area contributed by atoms with Gasteiger partial charge >= 0.3 is 5.97 Å². The monoisotopic (exact) mass is 378 g/mol. The molecule has 1 fully saturated rings. The lowest BCUT2D eigenvalue weighted by Crippen LogP contribution is -2.52. The molecule has 0 aliphatic carbocycles. The number of morpholine rings is 1. The first-order valence-corrected chi connectivity index (χ1v) is 8.33. The Morgan fingerprint density at radius 3 is 2.90 bits per heavy atom. The van der Waals surface area contributed by atoms with Crippen LogP contribution in [0.1, 0.15) is 0 Å². The summed E-state index contributed by atoms with van der Waals surface area (Å²) < 4.78 is 37.0. The number of anilines is 1. The molecular weight excluding hydrogens is 364 g/mol. The molecule has 0 radical (unpaired) electrons. The zero-order valence-corrected chi connectivity index (χ0v) is 13.7. The molecule has 0 amide bonds. The number of benzene rings is 1. The van der Waals surface area contributed by atoms with Crippen LogP contribution in [0.4, 0.5) is 5.69 Å². The number of nitrogen functional groups attached to an aromatic ring is 1. The van der Waals surface area contributed by atoms with Gasteiger partial charge in [-0.25, -0.2) is 8.42 Å². The van der Waals surface area contributed by atoms with Crippen molar-refractivity contribution >= 4 is 37.6 Å². The van der Waals surface area contributed by atoms with E-state index in [9.17, 15) is 13.2 Å². The average molecular weight is 379 g/mol. The minimum atomic E-state index is -3.92. The Balaban J connectivity index is 2.45. The maximum absolute atomic E-state index is 12.8. The molecule has 21 heavy (non-hydrogen) atoms. The number of nitrogens with zero attached hydrogens (tertiary/aromatic N) is 1. The maximum atomic E-state index is 12.8. The number of carbonyl (C=O) groups is 1. The van der Waals surface area contributed by atoms with Gasteiger partial charge in [0, 0.05) is 11.0 Å². The predicted octanol–water partition coefficient (Wildman–Crippen LogP) is 0.594. The maximum Gasteiger partial charge on any atom is 0.326 e. The second kappa shape index (κ2) is 6.30. The van der Waals surface area contributed by atoms with Gasteiger partial charge in [0.1, 0.15) is 10.9 Å². The fourth-order valence-corrected chi connectivity index (χ4v) is 4.26. The third-order valence-corrected chi connectivity index (χ3v) is 5.57. The summed E-state index contributed by atoms with van der Waals surface area (Å²) >= 11 is 3.22. The highest BCUT2D eigenvalue weighted by Gasteiger charge is 2.39. The van der Waals surface area contributed by atoms with Gasteiger partial charge in [0.15, 0.2) is 0 Å². The summed E-state index contributed by atoms with van der Waals surface area (Å²) in [5.74, 6) is -0.660. The first kappa shape index (κ1) is 16.2. The van der Waals surface area contributed by atoms with E-state index in [2.05, 4.69) is 20.7 Å². The number of esters is 1. The van der Waals surface area contributed by atoms with Crippen LogP contribution in [0.2, 0.25) is 0 Å². The van der Waals surface area contributed by atoms with Gasteiger partial charge in [-0.05, 0) is 18.2 Å². The molecule has 1 aliphatic rings. The molecule has 0 aromatic heterocycles. The van der Waals surface area contributed by atoms with E-state index in [0.29, 0.717) is 4.47 Å². The van der Waals surface area contributed by atoms with E-state index >= 15 is 0 Å². The first-order chi connectivity index (χ1) is 9.87. The molecule has 1 aromatic rings. The van der Waals surface area contributed by atoms with Crippen LogP contribution in [0, 0.1) is 0 Å². The molecule has 9 heteroatoms. The lowest BCUT2D eigenvalue weighted by molar-refractivity contribution is -0.149. The third kappa shape index (κ3) is 3.20. The van der Waals surface area contributed by atoms with E-state index in [1.165, 1.54) is 19.2 Å². The molecule has 1 aliphatic heterocycles. The molecule has 2 N–H and O–H groups in total. The molecule has 7 nitrogen and oxygen atoms in total. The number of ether oxygens (including phenoxy) is 2. The summed E-state index contributed by atoms with van der Waals surface area (Å²) in [4.78, 5) is 11.7.